The van der Waals surface area contributed by atoms with Gasteiger partial charge in [0.15, 0.2) is 0 Å². The van der Waals surface area contributed by atoms with Crippen LogP contribution >= 0.6 is 15.9 Å². The summed E-state index contributed by atoms with van der Waals surface area (Å²) in [5.41, 5.74) is 1.68. The zero-order chi connectivity index (χ0) is 14.9. The zero-order valence-corrected chi connectivity index (χ0v) is 13.0. The summed E-state index contributed by atoms with van der Waals surface area (Å²) in [4.78, 5) is 24.9. The minimum atomic E-state index is -0.841. The summed E-state index contributed by atoms with van der Waals surface area (Å²) < 4.78 is 0.924. The van der Waals surface area contributed by atoms with Gasteiger partial charge in [-0.3, -0.25) is 4.79 Å². The third kappa shape index (κ3) is 2.80. The molecule has 2 unspecified atom stereocenters. The molecule has 2 N–H and O–H groups in total. The van der Waals surface area contributed by atoms with Crippen LogP contribution < -0.4 is 5.32 Å². The Balaban J connectivity index is 2.10. The first-order valence-electron chi connectivity index (χ1n) is 6.47. The molecule has 0 bridgehead atoms. The van der Waals surface area contributed by atoms with Gasteiger partial charge in [0, 0.05) is 22.7 Å². The van der Waals surface area contributed by atoms with Gasteiger partial charge in [0.2, 0.25) is 0 Å². The van der Waals surface area contributed by atoms with Crippen LogP contribution in [0.3, 0.4) is 0 Å². The number of carbonyl (C=O) groups is 2. The Bertz CT molecular complexity index is 547. The SMILES string of the molecule is Cc1c(Br)cccc1NC(=O)N1CCC(C(=O)O)C1C. The van der Waals surface area contributed by atoms with Crippen molar-refractivity contribution in [1.29, 1.82) is 0 Å². The summed E-state index contributed by atoms with van der Waals surface area (Å²) in [5.74, 6) is -1.32. The smallest absolute Gasteiger partial charge is 0.322 e. The maximum absolute atomic E-state index is 12.3. The number of nitrogens with one attached hydrogen (secondary N) is 1. The van der Waals surface area contributed by atoms with Crippen LogP contribution in [0.4, 0.5) is 10.5 Å². The van der Waals surface area contributed by atoms with Crippen molar-refractivity contribution in [2.24, 2.45) is 5.92 Å². The van der Waals surface area contributed by atoms with E-state index in [1.807, 2.05) is 25.1 Å². The van der Waals surface area contributed by atoms with E-state index in [4.69, 9.17) is 5.11 Å². The van der Waals surface area contributed by atoms with Crippen LogP contribution in [0.15, 0.2) is 22.7 Å². The number of benzene rings is 1. The van der Waals surface area contributed by atoms with Crippen LogP contribution in [-0.4, -0.2) is 34.6 Å². The number of carboxylic acid groups (broad SMARTS) is 1. The number of carbonyl (C=O) groups excluding carboxylic acids is 1. The van der Waals surface area contributed by atoms with E-state index < -0.39 is 11.9 Å². The highest BCUT2D eigenvalue weighted by molar-refractivity contribution is 9.10. The molecule has 1 aromatic carbocycles. The highest BCUT2D eigenvalue weighted by Crippen LogP contribution is 2.27. The number of amides is 2. The lowest BCUT2D eigenvalue weighted by Gasteiger charge is -2.24. The van der Waals surface area contributed by atoms with E-state index in [-0.39, 0.29) is 12.1 Å². The summed E-state index contributed by atoms with van der Waals surface area (Å²) in [6.45, 7) is 4.16. The van der Waals surface area contributed by atoms with Crippen LogP contribution in [0, 0.1) is 12.8 Å². The van der Waals surface area contributed by atoms with Crippen LogP contribution in [-0.2, 0) is 4.79 Å². The van der Waals surface area contributed by atoms with Crippen molar-refractivity contribution in [3.63, 3.8) is 0 Å². The van der Waals surface area contributed by atoms with Crippen molar-refractivity contribution in [3.05, 3.63) is 28.2 Å². The molecule has 1 saturated heterocycles. The predicted molar refractivity (Wildman–Crippen MR) is 79.8 cm³/mol. The van der Waals surface area contributed by atoms with Gasteiger partial charge in [0.25, 0.3) is 0 Å². The quantitative estimate of drug-likeness (QED) is 0.869. The molecule has 1 aliphatic rings. The average Bonchev–Trinajstić information content (AvgIpc) is 2.77. The van der Waals surface area contributed by atoms with E-state index in [1.165, 1.54) is 0 Å². The highest BCUT2D eigenvalue weighted by Gasteiger charge is 2.38. The van der Waals surface area contributed by atoms with E-state index in [2.05, 4.69) is 21.2 Å². The number of likely N-dealkylation sites (tertiary alicyclic amines) is 1. The van der Waals surface area contributed by atoms with E-state index in [0.29, 0.717) is 13.0 Å². The van der Waals surface area contributed by atoms with Crippen LogP contribution in [0.25, 0.3) is 0 Å². The Morgan fingerprint density at radius 1 is 1.45 bits per heavy atom. The van der Waals surface area contributed by atoms with E-state index >= 15 is 0 Å². The molecule has 20 heavy (non-hydrogen) atoms. The van der Waals surface area contributed by atoms with Gasteiger partial charge in [-0.05, 0) is 38.0 Å². The average molecular weight is 341 g/mol. The zero-order valence-electron chi connectivity index (χ0n) is 11.4. The number of anilines is 1. The molecule has 0 radical (unpaired) electrons. The minimum absolute atomic E-state index is 0.248. The number of halogens is 1. The number of aliphatic carboxylic acids is 1. The van der Waals surface area contributed by atoms with Gasteiger partial charge in [-0.1, -0.05) is 22.0 Å². The molecule has 0 aliphatic carbocycles. The first-order valence-corrected chi connectivity index (χ1v) is 7.26. The summed E-state index contributed by atoms with van der Waals surface area (Å²) >= 11 is 3.42. The summed E-state index contributed by atoms with van der Waals surface area (Å²) in [5, 5.41) is 11.9. The minimum Gasteiger partial charge on any atom is -0.481 e. The highest BCUT2D eigenvalue weighted by atomic mass is 79.9. The Labute approximate surface area is 126 Å². The standard InChI is InChI=1S/C14H17BrN2O3/c1-8-11(15)4-3-5-12(8)16-14(20)17-7-6-10(9(17)2)13(18)19/h3-5,9-10H,6-7H2,1-2H3,(H,16,20)(H,18,19). The fourth-order valence-electron chi connectivity index (χ4n) is 2.49. The van der Waals surface area contributed by atoms with Crippen molar-refractivity contribution >= 4 is 33.6 Å². The lowest BCUT2D eigenvalue weighted by molar-refractivity contribution is -0.142. The van der Waals surface area contributed by atoms with Crippen LogP contribution in [0.2, 0.25) is 0 Å². The lowest BCUT2D eigenvalue weighted by atomic mass is 10.0. The normalized spacial score (nSPS) is 21.9. The third-order valence-corrected chi connectivity index (χ3v) is 4.70. The van der Waals surface area contributed by atoms with Crippen LogP contribution in [0.5, 0.6) is 0 Å². The number of carboxylic acids is 1. The first kappa shape index (κ1) is 14.8. The van der Waals surface area contributed by atoms with Gasteiger partial charge in [-0.2, -0.15) is 0 Å². The van der Waals surface area contributed by atoms with Crippen molar-refractivity contribution in [2.45, 2.75) is 26.3 Å². The van der Waals surface area contributed by atoms with Crippen molar-refractivity contribution in [2.75, 3.05) is 11.9 Å². The first-order chi connectivity index (χ1) is 9.41. The number of urea groups is 1. The van der Waals surface area contributed by atoms with Crippen molar-refractivity contribution in [3.8, 4) is 0 Å². The maximum atomic E-state index is 12.3. The Kier molecular flexibility index (Phi) is 4.32. The molecule has 1 aliphatic heterocycles. The second-order valence-electron chi connectivity index (χ2n) is 5.01. The predicted octanol–water partition coefficient (Wildman–Crippen LogP) is 3.08. The number of hydrogen-bond donors (Lipinski definition) is 2. The molecule has 2 rings (SSSR count). The molecule has 1 fully saturated rings. The molecule has 1 aromatic rings. The molecule has 5 nitrogen and oxygen atoms in total. The summed E-state index contributed by atoms with van der Waals surface area (Å²) in [6, 6.07) is 5.04. The van der Waals surface area contributed by atoms with E-state index in [9.17, 15) is 9.59 Å². The molecular formula is C14H17BrN2O3. The second kappa shape index (κ2) is 5.83. The van der Waals surface area contributed by atoms with Gasteiger partial charge >= 0.3 is 12.0 Å². The van der Waals surface area contributed by atoms with E-state index in [1.54, 1.807) is 11.8 Å². The van der Waals surface area contributed by atoms with Gasteiger partial charge < -0.3 is 15.3 Å². The molecule has 0 aromatic heterocycles. The topological polar surface area (TPSA) is 69.6 Å². The van der Waals surface area contributed by atoms with Gasteiger partial charge in [0.05, 0.1) is 5.92 Å². The monoisotopic (exact) mass is 340 g/mol. The lowest BCUT2D eigenvalue weighted by Crippen LogP contribution is -2.40. The molecule has 108 valence electrons. The Morgan fingerprint density at radius 2 is 2.15 bits per heavy atom. The molecule has 6 heteroatoms. The fourth-order valence-corrected chi connectivity index (χ4v) is 2.85. The number of nitrogens with zero attached hydrogens (tertiary/aromatic N) is 1. The number of hydrogen-bond acceptors (Lipinski definition) is 2. The largest absolute Gasteiger partial charge is 0.481 e. The number of rotatable bonds is 2. The van der Waals surface area contributed by atoms with E-state index in [0.717, 1.165) is 15.7 Å². The molecule has 1 heterocycles. The Morgan fingerprint density at radius 3 is 2.75 bits per heavy atom. The summed E-state index contributed by atoms with van der Waals surface area (Å²) in [7, 11) is 0. The molecular weight excluding hydrogens is 324 g/mol. The van der Waals surface area contributed by atoms with Crippen molar-refractivity contribution < 1.29 is 14.7 Å². The Hall–Kier alpha value is -1.56. The fraction of sp³-hybridized carbons (Fsp3) is 0.429. The molecule has 2 atom stereocenters. The molecule has 2 amide bonds. The van der Waals surface area contributed by atoms with Gasteiger partial charge in [0.1, 0.15) is 0 Å². The third-order valence-electron chi connectivity index (χ3n) is 3.84. The van der Waals surface area contributed by atoms with Crippen LogP contribution in [0.1, 0.15) is 18.9 Å². The summed E-state index contributed by atoms with van der Waals surface area (Å²) in [6.07, 6.45) is 0.501. The molecule has 0 spiro atoms. The maximum Gasteiger partial charge on any atom is 0.322 e. The van der Waals surface area contributed by atoms with Gasteiger partial charge in [-0.15, -0.1) is 0 Å². The van der Waals surface area contributed by atoms with Gasteiger partial charge in [-0.25, -0.2) is 4.79 Å². The van der Waals surface area contributed by atoms with Crippen molar-refractivity contribution in [1.82, 2.24) is 4.90 Å². The molecule has 0 saturated carbocycles. The second-order valence-corrected chi connectivity index (χ2v) is 5.86.